The molecular weight excluding hydrogens is 206 g/mol. The van der Waals surface area contributed by atoms with Crippen LogP contribution in [-0.4, -0.2) is 16.7 Å². The minimum Gasteiger partial charge on any atom is -0.396 e. The summed E-state index contributed by atoms with van der Waals surface area (Å²) in [6.45, 7) is 0.308. The Labute approximate surface area is 92.6 Å². The molecule has 1 aromatic carbocycles. The van der Waals surface area contributed by atoms with Gasteiger partial charge in [-0.2, -0.15) is 0 Å². The molecule has 1 aromatic heterocycles. The van der Waals surface area contributed by atoms with E-state index in [-0.39, 0.29) is 5.41 Å². The highest BCUT2D eigenvalue weighted by Crippen LogP contribution is 2.48. The molecule has 1 heterocycles. The highest BCUT2D eigenvalue weighted by molar-refractivity contribution is 7.18. The average molecular weight is 219 g/mol. The normalized spacial score (nSPS) is 18.2. The molecule has 1 N–H and O–H groups in total. The molecule has 0 radical (unpaired) electrons. The van der Waals surface area contributed by atoms with E-state index in [1.165, 1.54) is 9.71 Å². The second-order valence-corrected chi connectivity index (χ2v) is 5.53. The average Bonchev–Trinajstić information content (AvgIpc) is 2.91. The van der Waals surface area contributed by atoms with Crippen LogP contribution >= 0.6 is 11.3 Å². The van der Waals surface area contributed by atoms with Crippen LogP contribution in [0.1, 0.15) is 17.8 Å². The van der Waals surface area contributed by atoms with Crippen molar-refractivity contribution in [3.63, 3.8) is 0 Å². The smallest absolute Gasteiger partial charge is 0.0945 e. The number of hydrogen-bond acceptors (Lipinski definition) is 3. The van der Waals surface area contributed by atoms with Crippen LogP contribution in [0.25, 0.3) is 10.2 Å². The minimum absolute atomic E-state index is 0.174. The molecule has 1 fully saturated rings. The summed E-state index contributed by atoms with van der Waals surface area (Å²) in [4.78, 5) is 4.59. The van der Waals surface area contributed by atoms with Gasteiger partial charge in [0.25, 0.3) is 0 Å². The summed E-state index contributed by atoms with van der Waals surface area (Å²) in [5.74, 6) is 0. The van der Waals surface area contributed by atoms with Crippen LogP contribution in [-0.2, 0) is 6.42 Å². The molecule has 1 aliphatic carbocycles. The topological polar surface area (TPSA) is 33.1 Å². The van der Waals surface area contributed by atoms with Gasteiger partial charge in [-0.1, -0.05) is 12.1 Å². The van der Waals surface area contributed by atoms with Crippen molar-refractivity contribution >= 4 is 21.6 Å². The number of nitrogens with zero attached hydrogens (tertiary/aromatic N) is 1. The number of hydrogen-bond donors (Lipinski definition) is 1. The monoisotopic (exact) mass is 219 g/mol. The van der Waals surface area contributed by atoms with Gasteiger partial charge in [0.1, 0.15) is 0 Å². The van der Waals surface area contributed by atoms with Gasteiger partial charge in [-0.3, -0.25) is 0 Å². The van der Waals surface area contributed by atoms with Gasteiger partial charge in [0.15, 0.2) is 0 Å². The number of aromatic nitrogens is 1. The summed E-state index contributed by atoms with van der Waals surface area (Å²) in [5, 5.41) is 10.4. The van der Waals surface area contributed by atoms with Gasteiger partial charge in [-0.15, -0.1) is 11.3 Å². The summed E-state index contributed by atoms with van der Waals surface area (Å²) in [5.41, 5.74) is 1.26. The lowest BCUT2D eigenvalue weighted by Gasteiger charge is -2.07. The van der Waals surface area contributed by atoms with Crippen LogP contribution in [0.4, 0.5) is 0 Å². The zero-order chi connectivity index (χ0) is 10.3. The molecule has 2 nitrogen and oxygen atoms in total. The first-order valence-electron chi connectivity index (χ1n) is 5.27. The largest absolute Gasteiger partial charge is 0.396 e. The lowest BCUT2D eigenvalue weighted by atomic mass is 10.1. The standard InChI is InChI=1S/C12H13NOS/c14-8-12(5-6-12)7-11-13-9-3-1-2-4-10(9)15-11/h1-4,14H,5-8H2. The number of benzene rings is 1. The van der Waals surface area contributed by atoms with Crippen molar-refractivity contribution in [1.82, 2.24) is 4.98 Å². The second-order valence-electron chi connectivity index (χ2n) is 4.41. The lowest BCUT2D eigenvalue weighted by Crippen LogP contribution is -2.09. The first-order chi connectivity index (χ1) is 7.31. The van der Waals surface area contributed by atoms with Crippen LogP contribution < -0.4 is 0 Å². The number of rotatable bonds is 3. The van der Waals surface area contributed by atoms with Gasteiger partial charge in [0, 0.05) is 13.0 Å². The first-order valence-corrected chi connectivity index (χ1v) is 6.08. The van der Waals surface area contributed by atoms with Crippen LogP contribution in [0.15, 0.2) is 24.3 Å². The molecule has 78 valence electrons. The SMILES string of the molecule is OCC1(Cc2nc3ccccc3s2)CC1. The Morgan fingerprint density at radius 3 is 2.80 bits per heavy atom. The Morgan fingerprint density at radius 1 is 1.33 bits per heavy atom. The van der Waals surface area contributed by atoms with Gasteiger partial charge in [-0.05, 0) is 30.4 Å². The van der Waals surface area contributed by atoms with E-state index in [4.69, 9.17) is 0 Å². The third-order valence-corrected chi connectivity index (χ3v) is 4.19. The molecule has 3 rings (SSSR count). The van der Waals surface area contributed by atoms with E-state index < -0.39 is 0 Å². The van der Waals surface area contributed by atoms with Crippen LogP contribution in [0.3, 0.4) is 0 Å². The van der Waals surface area contributed by atoms with Gasteiger partial charge in [0.2, 0.25) is 0 Å². The molecule has 0 spiro atoms. The van der Waals surface area contributed by atoms with Gasteiger partial charge in [-0.25, -0.2) is 4.98 Å². The van der Waals surface area contributed by atoms with E-state index in [9.17, 15) is 5.11 Å². The number of thiazole rings is 1. The summed E-state index contributed by atoms with van der Waals surface area (Å²) >= 11 is 1.76. The van der Waals surface area contributed by atoms with Crippen LogP contribution in [0.2, 0.25) is 0 Å². The Balaban J connectivity index is 1.92. The van der Waals surface area contributed by atoms with E-state index in [1.807, 2.05) is 18.2 Å². The first kappa shape index (κ1) is 9.31. The van der Waals surface area contributed by atoms with Crippen molar-refractivity contribution in [2.24, 2.45) is 5.41 Å². The zero-order valence-electron chi connectivity index (χ0n) is 8.44. The molecule has 0 aliphatic heterocycles. The van der Waals surface area contributed by atoms with Crippen LogP contribution in [0, 0.1) is 5.41 Å². The third kappa shape index (κ3) is 1.66. The van der Waals surface area contributed by atoms with E-state index >= 15 is 0 Å². The van der Waals surface area contributed by atoms with E-state index in [0.29, 0.717) is 6.61 Å². The third-order valence-electron chi connectivity index (χ3n) is 3.16. The summed E-state index contributed by atoms with van der Waals surface area (Å²) < 4.78 is 1.25. The Morgan fingerprint density at radius 2 is 2.13 bits per heavy atom. The molecule has 1 saturated carbocycles. The molecule has 0 atom stereocenters. The molecule has 15 heavy (non-hydrogen) atoms. The molecule has 2 aromatic rings. The minimum atomic E-state index is 0.174. The van der Waals surface area contributed by atoms with E-state index in [2.05, 4.69) is 11.1 Å². The maximum atomic E-state index is 9.27. The van der Waals surface area contributed by atoms with Gasteiger partial charge in [0.05, 0.1) is 15.2 Å². The van der Waals surface area contributed by atoms with Gasteiger partial charge < -0.3 is 5.11 Å². The quantitative estimate of drug-likeness (QED) is 0.860. The highest BCUT2D eigenvalue weighted by Gasteiger charge is 2.42. The zero-order valence-corrected chi connectivity index (χ0v) is 9.26. The molecule has 0 unspecified atom stereocenters. The lowest BCUT2D eigenvalue weighted by molar-refractivity contribution is 0.211. The fourth-order valence-corrected chi connectivity index (χ4v) is 3.02. The molecule has 1 aliphatic rings. The maximum absolute atomic E-state index is 9.27. The summed E-state index contributed by atoms with van der Waals surface area (Å²) in [7, 11) is 0. The second kappa shape index (κ2) is 3.29. The molecular formula is C12H13NOS. The van der Waals surface area contributed by atoms with E-state index in [1.54, 1.807) is 11.3 Å². The fraction of sp³-hybridized carbons (Fsp3) is 0.417. The highest BCUT2D eigenvalue weighted by atomic mass is 32.1. The van der Waals surface area contributed by atoms with Gasteiger partial charge >= 0.3 is 0 Å². The van der Waals surface area contributed by atoms with Crippen molar-refractivity contribution in [3.8, 4) is 0 Å². The summed E-state index contributed by atoms with van der Waals surface area (Å²) in [6.07, 6.45) is 3.25. The maximum Gasteiger partial charge on any atom is 0.0945 e. The Bertz CT molecular complexity index is 454. The predicted molar refractivity (Wildman–Crippen MR) is 62.1 cm³/mol. The number of aliphatic hydroxyl groups excluding tert-OH is 1. The van der Waals surface area contributed by atoms with E-state index in [0.717, 1.165) is 24.8 Å². The molecule has 0 saturated heterocycles. The molecule has 0 amide bonds. The van der Waals surface area contributed by atoms with Crippen molar-refractivity contribution < 1.29 is 5.11 Å². The number of para-hydroxylation sites is 1. The Kier molecular flexibility index (Phi) is 2.04. The van der Waals surface area contributed by atoms with Crippen molar-refractivity contribution in [3.05, 3.63) is 29.3 Å². The van der Waals surface area contributed by atoms with Crippen molar-refractivity contribution in [2.45, 2.75) is 19.3 Å². The summed E-state index contributed by atoms with van der Waals surface area (Å²) in [6, 6.07) is 8.22. The van der Waals surface area contributed by atoms with Crippen molar-refractivity contribution in [1.29, 1.82) is 0 Å². The van der Waals surface area contributed by atoms with Crippen molar-refractivity contribution in [2.75, 3.05) is 6.61 Å². The molecule has 3 heteroatoms. The Hall–Kier alpha value is -0.930. The predicted octanol–water partition coefficient (Wildman–Crippen LogP) is 2.61. The molecule has 0 bridgehead atoms. The number of fused-ring (bicyclic) bond motifs is 1. The fourth-order valence-electron chi connectivity index (χ4n) is 1.88. The van der Waals surface area contributed by atoms with Crippen LogP contribution in [0.5, 0.6) is 0 Å². The number of aliphatic hydroxyl groups is 1.